The molecule has 0 aliphatic heterocycles. The van der Waals surface area contributed by atoms with Gasteiger partial charge in [0.2, 0.25) is 0 Å². The second-order valence-corrected chi connectivity index (χ2v) is 3.65. The molecule has 0 fully saturated rings. The smallest absolute Gasteiger partial charge is 0.0860 e. The zero-order valence-electron chi connectivity index (χ0n) is 8.95. The van der Waals surface area contributed by atoms with E-state index >= 15 is 0 Å². The largest absolute Gasteiger partial charge is 0.549 e. The maximum atomic E-state index is 10.5. The van der Waals surface area contributed by atoms with E-state index in [4.69, 9.17) is 5.26 Å². The molecule has 2 atom stereocenters. The molecule has 0 saturated heterocycles. The van der Waals surface area contributed by atoms with Gasteiger partial charge in [0.05, 0.1) is 18.0 Å². The summed E-state index contributed by atoms with van der Waals surface area (Å²) in [4.78, 5) is 10.5. The Kier molecular flexibility index (Phi) is 6.82. The van der Waals surface area contributed by atoms with E-state index < -0.39 is 11.9 Å². The predicted octanol–water partition coefficient (Wildman–Crippen LogP) is 1.48. The summed E-state index contributed by atoms with van der Waals surface area (Å²) >= 11 is 0. The molecule has 0 bridgehead atoms. The maximum absolute atomic E-state index is 10.5. The first-order valence-corrected chi connectivity index (χ1v) is 5.26. The molecule has 2 unspecified atom stereocenters. The molecule has 14 heavy (non-hydrogen) atoms. The Morgan fingerprint density at radius 1 is 1.50 bits per heavy atom. The Labute approximate surface area is 85.7 Å². The number of unbranched alkanes of at least 4 members (excludes halogenated alkanes) is 1. The zero-order chi connectivity index (χ0) is 11.0. The van der Waals surface area contributed by atoms with Gasteiger partial charge >= 0.3 is 0 Å². The number of carbonyl (C=O) groups excluding carboxylic acids is 1. The van der Waals surface area contributed by atoms with Crippen molar-refractivity contribution >= 4 is 5.97 Å². The first kappa shape index (κ1) is 13.0. The SMILES string of the molecule is CCCCC(CC)CC(C#N)C(=O)[O-]. The monoisotopic (exact) mass is 196 g/mol. The summed E-state index contributed by atoms with van der Waals surface area (Å²) in [6.45, 7) is 4.14. The van der Waals surface area contributed by atoms with Crippen molar-refractivity contribution in [2.45, 2.75) is 46.0 Å². The molecular formula is C11H18NO2-. The summed E-state index contributed by atoms with van der Waals surface area (Å²) in [7, 11) is 0. The number of nitrogens with zero attached hydrogens (tertiary/aromatic N) is 1. The third kappa shape index (κ3) is 4.86. The van der Waals surface area contributed by atoms with Crippen LogP contribution in [0.4, 0.5) is 0 Å². The van der Waals surface area contributed by atoms with Gasteiger partial charge < -0.3 is 9.90 Å². The van der Waals surface area contributed by atoms with E-state index in [1.165, 1.54) is 0 Å². The van der Waals surface area contributed by atoms with Crippen LogP contribution in [0.5, 0.6) is 0 Å². The van der Waals surface area contributed by atoms with Crippen molar-refractivity contribution in [3.05, 3.63) is 0 Å². The maximum Gasteiger partial charge on any atom is 0.0860 e. The number of aliphatic carboxylic acids is 1. The van der Waals surface area contributed by atoms with E-state index in [-0.39, 0.29) is 0 Å². The lowest BCUT2D eigenvalue weighted by Crippen LogP contribution is -2.31. The second kappa shape index (κ2) is 7.37. The lowest BCUT2D eigenvalue weighted by atomic mass is 9.89. The average molecular weight is 196 g/mol. The van der Waals surface area contributed by atoms with E-state index in [1.54, 1.807) is 6.07 Å². The van der Waals surface area contributed by atoms with Crippen LogP contribution in [-0.2, 0) is 4.79 Å². The van der Waals surface area contributed by atoms with Crippen LogP contribution in [0.25, 0.3) is 0 Å². The lowest BCUT2D eigenvalue weighted by molar-refractivity contribution is -0.309. The molecule has 0 spiro atoms. The molecule has 0 radical (unpaired) electrons. The molecule has 0 aliphatic carbocycles. The van der Waals surface area contributed by atoms with Crippen molar-refractivity contribution in [1.82, 2.24) is 0 Å². The molecule has 0 aliphatic rings. The molecule has 3 nitrogen and oxygen atoms in total. The Balaban J connectivity index is 4.02. The van der Waals surface area contributed by atoms with Gasteiger partial charge in [-0.1, -0.05) is 39.5 Å². The quantitative estimate of drug-likeness (QED) is 0.619. The highest BCUT2D eigenvalue weighted by Crippen LogP contribution is 2.20. The van der Waals surface area contributed by atoms with E-state index in [1.807, 2.05) is 6.92 Å². The van der Waals surface area contributed by atoms with Crippen molar-refractivity contribution in [1.29, 1.82) is 5.26 Å². The number of nitriles is 1. The standard InChI is InChI=1S/C11H19NO2/c1-3-5-6-9(4-2)7-10(8-12)11(13)14/h9-10H,3-7H2,1-2H3,(H,13,14)/p-1. The van der Waals surface area contributed by atoms with Crippen molar-refractivity contribution in [3.8, 4) is 6.07 Å². The molecule has 3 heteroatoms. The summed E-state index contributed by atoms with van der Waals surface area (Å²) in [5, 5.41) is 19.1. The summed E-state index contributed by atoms with van der Waals surface area (Å²) in [6, 6.07) is 1.78. The molecule has 0 rings (SSSR count). The molecule has 0 aromatic heterocycles. The number of carbonyl (C=O) groups is 1. The van der Waals surface area contributed by atoms with E-state index in [0.717, 1.165) is 25.7 Å². The van der Waals surface area contributed by atoms with Crippen molar-refractivity contribution < 1.29 is 9.90 Å². The van der Waals surface area contributed by atoms with E-state index in [0.29, 0.717) is 12.3 Å². The van der Waals surface area contributed by atoms with Gasteiger partial charge in [-0.25, -0.2) is 0 Å². The highest BCUT2D eigenvalue weighted by Gasteiger charge is 2.15. The summed E-state index contributed by atoms with van der Waals surface area (Å²) in [6.07, 6.45) is 4.60. The highest BCUT2D eigenvalue weighted by atomic mass is 16.4. The van der Waals surface area contributed by atoms with Crippen LogP contribution in [0.1, 0.15) is 46.0 Å². The van der Waals surface area contributed by atoms with Gasteiger partial charge in [0.15, 0.2) is 0 Å². The van der Waals surface area contributed by atoms with Gasteiger partial charge in [0.1, 0.15) is 0 Å². The van der Waals surface area contributed by atoms with Gasteiger partial charge in [-0.2, -0.15) is 5.26 Å². The van der Waals surface area contributed by atoms with E-state index in [2.05, 4.69) is 6.92 Å². The van der Waals surface area contributed by atoms with Crippen molar-refractivity contribution in [3.63, 3.8) is 0 Å². The number of hydrogen-bond acceptors (Lipinski definition) is 3. The normalized spacial score (nSPS) is 14.4. The van der Waals surface area contributed by atoms with Gasteiger partial charge in [-0.05, 0) is 12.3 Å². The summed E-state index contributed by atoms with van der Waals surface area (Å²) in [5.74, 6) is -1.82. The molecular weight excluding hydrogens is 178 g/mol. The van der Waals surface area contributed by atoms with Crippen LogP contribution in [-0.4, -0.2) is 5.97 Å². The fraction of sp³-hybridized carbons (Fsp3) is 0.818. The fourth-order valence-corrected chi connectivity index (χ4v) is 1.52. The zero-order valence-corrected chi connectivity index (χ0v) is 8.95. The predicted molar refractivity (Wildman–Crippen MR) is 52.0 cm³/mol. The van der Waals surface area contributed by atoms with Gasteiger partial charge in [0, 0.05) is 0 Å². The number of rotatable bonds is 7. The van der Waals surface area contributed by atoms with Gasteiger partial charge in [-0.3, -0.25) is 0 Å². The first-order chi connectivity index (χ1) is 6.65. The summed E-state index contributed by atoms with van der Waals surface area (Å²) in [5.41, 5.74) is 0. The molecule has 0 heterocycles. The Hall–Kier alpha value is -1.04. The van der Waals surface area contributed by atoms with Crippen LogP contribution in [0.3, 0.4) is 0 Å². The van der Waals surface area contributed by atoms with Crippen molar-refractivity contribution in [2.24, 2.45) is 11.8 Å². The van der Waals surface area contributed by atoms with Crippen LogP contribution in [0.15, 0.2) is 0 Å². The molecule has 0 saturated carbocycles. The second-order valence-electron chi connectivity index (χ2n) is 3.65. The number of carboxylic acid groups (broad SMARTS) is 1. The third-order valence-electron chi connectivity index (χ3n) is 2.55. The van der Waals surface area contributed by atoms with Gasteiger partial charge in [0.25, 0.3) is 0 Å². The highest BCUT2D eigenvalue weighted by molar-refractivity contribution is 5.70. The molecule has 0 aromatic rings. The van der Waals surface area contributed by atoms with Crippen LogP contribution in [0.2, 0.25) is 0 Å². The minimum atomic E-state index is -1.23. The topological polar surface area (TPSA) is 63.9 Å². The minimum Gasteiger partial charge on any atom is -0.549 e. The van der Waals surface area contributed by atoms with Crippen LogP contribution >= 0.6 is 0 Å². The molecule has 80 valence electrons. The fourth-order valence-electron chi connectivity index (χ4n) is 1.52. The first-order valence-electron chi connectivity index (χ1n) is 5.26. The number of hydrogen-bond donors (Lipinski definition) is 0. The molecule has 0 N–H and O–H groups in total. The Bertz CT molecular complexity index is 208. The molecule has 0 aromatic carbocycles. The van der Waals surface area contributed by atoms with Crippen LogP contribution < -0.4 is 5.11 Å². The Morgan fingerprint density at radius 2 is 2.14 bits per heavy atom. The minimum absolute atomic E-state index is 0.345. The van der Waals surface area contributed by atoms with Gasteiger partial charge in [-0.15, -0.1) is 0 Å². The average Bonchev–Trinajstić information content (AvgIpc) is 2.18. The van der Waals surface area contributed by atoms with Crippen molar-refractivity contribution in [2.75, 3.05) is 0 Å². The Morgan fingerprint density at radius 3 is 2.50 bits per heavy atom. The van der Waals surface area contributed by atoms with E-state index in [9.17, 15) is 9.90 Å². The summed E-state index contributed by atoms with van der Waals surface area (Å²) < 4.78 is 0. The molecule has 0 amide bonds. The number of carboxylic acids is 1. The third-order valence-corrected chi connectivity index (χ3v) is 2.55. The lowest BCUT2D eigenvalue weighted by Gasteiger charge is -2.18. The van der Waals surface area contributed by atoms with Crippen LogP contribution in [0, 0.1) is 23.2 Å².